The van der Waals surface area contributed by atoms with Crippen LogP contribution in [0.3, 0.4) is 0 Å². The van der Waals surface area contributed by atoms with Gasteiger partial charge < -0.3 is 9.52 Å². The molecule has 0 amide bonds. The van der Waals surface area contributed by atoms with Crippen molar-refractivity contribution in [3.63, 3.8) is 0 Å². The summed E-state index contributed by atoms with van der Waals surface area (Å²) in [5, 5.41) is 9.97. The van der Waals surface area contributed by atoms with Crippen LogP contribution in [0.5, 0.6) is 5.06 Å². The number of furan rings is 1. The summed E-state index contributed by atoms with van der Waals surface area (Å²) in [5.74, 6) is 0. The summed E-state index contributed by atoms with van der Waals surface area (Å²) in [5.41, 5.74) is 0.898. The van der Waals surface area contributed by atoms with Crippen molar-refractivity contribution in [3.05, 3.63) is 24.8 Å². The van der Waals surface area contributed by atoms with Crippen LogP contribution < -0.4 is 0 Å². The molecule has 3 nitrogen and oxygen atoms in total. The lowest BCUT2D eigenvalue weighted by atomic mass is 10.4. The van der Waals surface area contributed by atoms with Gasteiger partial charge in [-0.15, -0.1) is 0 Å². The van der Waals surface area contributed by atoms with Crippen LogP contribution in [0.25, 0.3) is 10.6 Å². The average Bonchev–Trinajstić information content (AvgIpc) is 2.55. The number of hydrogen-bond acceptors (Lipinski definition) is 4. The molecule has 0 unspecified atom stereocenters. The molecular weight excluding hydrogens is 162 g/mol. The lowest BCUT2D eigenvalue weighted by molar-refractivity contribution is 0.489. The molecule has 2 heterocycles. The zero-order valence-corrected chi connectivity index (χ0v) is 6.34. The van der Waals surface area contributed by atoms with Crippen molar-refractivity contribution in [2.75, 3.05) is 0 Å². The molecule has 0 atom stereocenters. The molecule has 0 aliphatic carbocycles. The third-order valence-electron chi connectivity index (χ3n) is 1.26. The molecule has 0 fully saturated rings. The minimum Gasteiger partial charge on any atom is -0.498 e. The van der Waals surface area contributed by atoms with Gasteiger partial charge in [-0.3, -0.25) is 0 Å². The molecule has 56 valence electrons. The maximum atomic E-state index is 8.98. The molecule has 4 heteroatoms. The summed E-state index contributed by atoms with van der Waals surface area (Å²) in [6, 6.07) is 1.80. The van der Waals surface area contributed by atoms with Crippen LogP contribution in [0.2, 0.25) is 0 Å². The lowest BCUT2D eigenvalue weighted by Gasteiger charge is -1.82. The van der Waals surface area contributed by atoms with Crippen molar-refractivity contribution in [3.8, 4) is 15.6 Å². The Bertz CT molecular complexity index is 339. The molecule has 0 radical (unpaired) electrons. The number of rotatable bonds is 1. The van der Waals surface area contributed by atoms with E-state index in [2.05, 4.69) is 4.98 Å². The SMILES string of the molecule is Oc1cnc(-c2ccoc2)s1. The predicted molar refractivity (Wildman–Crippen MR) is 41.5 cm³/mol. The summed E-state index contributed by atoms with van der Waals surface area (Å²) >= 11 is 1.23. The van der Waals surface area contributed by atoms with Crippen molar-refractivity contribution in [2.45, 2.75) is 0 Å². The van der Waals surface area contributed by atoms with Crippen LogP contribution in [0.1, 0.15) is 0 Å². The highest BCUT2D eigenvalue weighted by Gasteiger charge is 2.03. The molecule has 0 saturated carbocycles. The monoisotopic (exact) mass is 167 g/mol. The van der Waals surface area contributed by atoms with Crippen molar-refractivity contribution in [2.24, 2.45) is 0 Å². The zero-order valence-electron chi connectivity index (χ0n) is 5.52. The molecule has 0 aromatic carbocycles. The minimum absolute atomic E-state index is 0.223. The van der Waals surface area contributed by atoms with E-state index in [-0.39, 0.29) is 5.06 Å². The molecule has 0 aliphatic heterocycles. The van der Waals surface area contributed by atoms with Gasteiger partial charge in [0.2, 0.25) is 0 Å². The molecule has 2 aromatic heterocycles. The number of aromatic nitrogens is 1. The molecule has 1 N–H and O–H groups in total. The van der Waals surface area contributed by atoms with Crippen LogP contribution >= 0.6 is 11.3 Å². The van der Waals surface area contributed by atoms with Gasteiger partial charge in [-0.05, 0) is 6.07 Å². The molecule has 11 heavy (non-hydrogen) atoms. The Morgan fingerprint density at radius 1 is 1.55 bits per heavy atom. The largest absolute Gasteiger partial charge is 0.498 e. The normalized spacial score (nSPS) is 10.2. The molecule has 0 aliphatic rings. The number of nitrogens with zero attached hydrogens (tertiary/aromatic N) is 1. The van der Waals surface area contributed by atoms with Crippen molar-refractivity contribution in [1.82, 2.24) is 4.98 Å². The maximum Gasteiger partial charge on any atom is 0.192 e. The average molecular weight is 167 g/mol. The Hall–Kier alpha value is -1.29. The first-order valence-corrected chi connectivity index (χ1v) is 3.85. The van der Waals surface area contributed by atoms with Crippen LogP contribution in [0.15, 0.2) is 29.2 Å². The smallest absolute Gasteiger partial charge is 0.192 e. The third kappa shape index (κ3) is 1.12. The van der Waals surface area contributed by atoms with Gasteiger partial charge in [-0.1, -0.05) is 11.3 Å². The highest BCUT2D eigenvalue weighted by molar-refractivity contribution is 7.16. The summed E-state index contributed by atoms with van der Waals surface area (Å²) < 4.78 is 4.86. The van der Waals surface area contributed by atoms with E-state index in [0.717, 1.165) is 10.6 Å². The first-order chi connectivity index (χ1) is 5.36. The van der Waals surface area contributed by atoms with E-state index in [0.29, 0.717) is 0 Å². The zero-order chi connectivity index (χ0) is 7.68. The van der Waals surface area contributed by atoms with E-state index in [9.17, 15) is 0 Å². The highest BCUT2D eigenvalue weighted by atomic mass is 32.1. The van der Waals surface area contributed by atoms with Gasteiger partial charge in [0.15, 0.2) is 5.06 Å². The van der Waals surface area contributed by atoms with Crippen LogP contribution in [-0.2, 0) is 0 Å². The first kappa shape index (κ1) is 6.42. The minimum atomic E-state index is 0.223. The van der Waals surface area contributed by atoms with Gasteiger partial charge in [0, 0.05) is 5.56 Å². The molecule has 2 rings (SSSR count). The highest BCUT2D eigenvalue weighted by Crippen LogP contribution is 2.28. The van der Waals surface area contributed by atoms with Gasteiger partial charge in [0.1, 0.15) is 11.3 Å². The van der Waals surface area contributed by atoms with E-state index in [4.69, 9.17) is 9.52 Å². The Morgan fingerprint density at radius 2 is 2.45 bits per heavy atom. The van der Waals surface area contributed by atoms with Crippen LogP contribution in [0.4, 0.5) is 0 Å². The van der Waals surface area contributed by atoms with Crippen molar-refractivity contribution in [1.29, 1.82) is 0 Å². The Labute approximate surface area is 66.9 Å². The fourth-order valence-electron chi connectivity index (χ4n) is 0.785. The van der Waals surface area contributed by atoms with E-state index in [1.165, 1.54) is 17.5 Å². The van der Waals surface area contributed by atoms with Crippen LogP contribution in [-0.4, -0.2) is 10.1 Å². The van der Waals surface area contributed by atoms with E-state index in [1.54, 1.807) is 18.6 Å². The lowest BCUT2D eigenvalue weighted by Crippen LogP contribution is -1.65. The van der Waals surface area contributed by atoms with Gasteiger partial charge in [0.05, 0.1) is 12.5 Å². The number of aromatic hydroxyl groups is 1. The second kappa shape index (κ2) is 2.39. The molecule has 0 saturated heterocycles. The summed E-state index contributed by atoms with van der Waals surface area (Å²) in [6.07, 6.45) is 4.60. The van der Waals surface area contributed by atoms with Crippen LogP contribution in [0, 0.1) is 0 Å². The van der Waals surface area contributed by atoms with Gasteiger partial charge in [-0.25, -0.2) is 4.98 Å². The molecular formula is C7H5NO2S. The van der Waals surface area contributed by atoms with E-state index >= 15 is 0 Å². The molecule has 0 bridgehead atoms. The number of thiazole rings is 1. The van der Waals surface area contributed by atoms with Gasteiger partial charge >= 0.3 is 0 Å². The fraction of sp³-hybridized carbons (Fsp3) is 0. The topological polar surface area (TPSA) is 46.3 Å². The molecule has 2 aromatic rings. The van der Waals surface area contributed by atoms with Crippen molar-refractivity contribution >= 4 is 11.3 Å². The Kier molecular flexibility index (Phi) is 1.40. The first-order valence-electron chi connectivity index (χ1n) is 3.03. The van der Waals surface area contributed by atoms with E-state index in [1.807, 2.05) is 0 Å². The summed E-state index contributed by atoms with van der Waals surface area (Å²) in [6.45, 7) is 0. The summed E-state index contributed by atoms with van der Waals surface area (Å²) in [7, 11) is 0. The second-order valence-corrected chi connectivity index (χ2v) is 3.02. The molecule has 0 spiro atoms. The fourth-order valence-corrected chi connectivity index (χ4v) is 1.43. The van der Waals surface area contributed by atoms with Gasteiger partial charge in [-0.2, -0.15) is 0 Å². The van der Waals surface area contributed by atoms with E-state index < -0.39 is 0 Å². The summed E-state index contributed by atoms with van der Waals surface area (Å²) in [4.78, 5) is 3.97. The maximum absolute atomic E-state index is 8.98. The third-order valence-corrected chi connectivity index (χ3v) is 2.11. The predicted octanol–water partition coefficient (Wildman–Crippen LogP) is 2.11. The second-order valence-electron chi connectivity index (χ2n) is 2.02. The van der Waals surface area contributed by atoms with Gasteiger partial charge in [0.25, 0.3) is 0 Å². The Morgan fingerprint density at radius 3 is 3.00 bits per heavy atom. The standard InChI is InChI=1S/C7H5NO2S/c9-6-3-8-7(11-6)5-1-2-10-4-5/h1-4,9H. The number of hydrogen-bond donors (Lipinski definition) is 1. The van der Waals surface area contributed by atoms with Crippen molar-refractivity contribution < 1.29 is 9.52 Å². The quantitative estimate of drug-likeness (QED) is 0.707. The Balaban J connectivity index is 2.45.